The molecular weight excluding hydrogens is 236 g/mol. The fraction of sp³-hybridized carbons (Fsp3) is 0.294. The lowest BCUT2D eigenvalue weighted by Gasteiger charge is -2.09. The molecule has 0 amide bonds. The largest absolute Gasteiger partial charge is 0.351 e. The lowest BCUT2D eigenvalue weighted by molar-refractivity contribution is -0.0691. The van der Waals surface area contributed by atoms with Crippen molar-refractivity contribution in [3.63, 3.8) is 0 Å². The smallest absolute Gasteiger partial charge is 0.147 e. The topological polar surface area (TPSA) is 18.5 Å². The third-order valence-corrected chi connectivity index (χ3v) is 3.20. The molecule has 0 N–H and O–H groups in total. The Balaban J connectivity index is 1.71. The van der Waals surface area contributed by atoms with Crippen LogP contribution in [0.2, 0.25) is 0 Å². The van der Waals surface area contributed by atoms with Crippen LogP contribution in [0.25, 0.3) is 0 Å². The fourth-order valence-corrected chi connectivity index (χ4v) is 1.91. The van der Waals surface area contributed by atoms with Crippen molar-refractivity contribution < 1.29 is 9.47 Å². The number of benzene rings is 2. The van der Waals surface area contributed by atoms with E-state index in [-0.39, 0.29) is 0 Å². The molecule has 0 saturated heterocycles. The van der Waals surface area contributed by atoms with Crippen LogP contribution in [-0.2, 0) is 22.7 Å². The summed E-state index contributed by atoms with van der Waals surface area (Å²) in [7, 11) is 0. The van der Waals surface area contributed by atoms with E-state index in [0.717, 1.165) is 0 Å². The molecule has 2 rings (SSSR count). The molecule has 0 aromatic heterocycles. The van der Waals surface area contributed by atoms with E-state index in [1.54, 1.807) is 0 Å². The van der Waals surface area contributed by atoms with E-state index in [1.165, 1.54) is 22.3 Å². The molecule has 0 aliphatic heterocycles. The minimum atomic E-state index is 0.322. The molecule has 0 saturated carbocycles. The van der Waals surface area contributed by atoms with E-state index in [9.17, 15) is 0 Å². The predicted octanol–water partition coefficient (Wildman–Crippen LogP) is 3.99. The normalized spacial score (nSPS) is 10.6. The molecule has 100 valence electrons. The molecule has 0 unspecified atom stereocenters. The summed E-state index contributed by atoms with van der Waals surface area (Å²) in [4.78, 5) is 0. The maximum absolute atomic E-state index is 5.54. The second-order valence-electron chi connectivity index (χ2n) is 4.67. The van der Waals surface area contributed by atoms with E-state index in [1.807, 2.05) is 24.3 Å². The number of hydrogen-bond acceptors (Lipinski definition) is 2. The standard InChI is InChI=1S/C17H20O2/c1-14-7-3-5-9-16(14)11-18-13-19-12-17-10-6-4-8-15(17)2/h3-10H,11-13H2,1-2H3. The van der Waals surface area contributed by atoms with Gasteiger partial charge in [0.2, 0.25) is 0 Å². The van der Waals surface area contributed by atoms with Crippen LogP contribution >= 0.6 is 0 Å². The lowest BCUT2D eigenvalue weighted by Crippen LogP contribution is -2.02. The molecule has 2 heteroatoms. The Labute approximate surface area is 115 Å². The van der Waals surface area contributed by atoms with Gasteiger partial charge in [0, 0.05) is 0 Å². The van der Waals surface area contributed by atoms with Gasteiger partial charge in [0.1, 0.15) is 6.79 Å². The highest BCUT2D eigenvalue weighted by molar-refractivity contribution is 5.25. The lowest BCUT2D eigenvalue weighted by atomic mass is 10.1. The Kier molecular flexibility index (Phi) is 5.13. The molecule has 0 aliphatic rings. The molecule has 0 spiro atoms. The second-order valence-corrected chi connectivity index (χ2v) is 4.67. The van der Waals surface area contributed by atoms with Gasteiger partial charge in [-0.05, 0) is 36.1 Å². The van der Waals surface area contributed by atoms with Gasteiger partial charge in [-0.1, -0.05) is 48.5 Å². The van der Waals surface area contributed by atoms with Gasteiger partial charge >= 0.3 is 0 Å². The third-order valence-electron chi connectivity index (χ3n) is 3.20. The van der Waals surface area contributed by atoms with Crippen molar-refractivity contribution in [1.29, 1.82) is 0 Å². The average Bonchev–Trinajstić information content (AvgIpc) is 2.42. The molecule has 0 aliphatic carbocycles. The van der Waals surface area contributed by atoms with Gasteiger partial charge in [-0.3, -0.25) is 0 Å². The van der Waals surface area contributed by atoms with Crippen LogP contribution in [-0.4, -0.2) is 6.79 Å². The first-order chi connectivity index (χ1) is 9.27. The minimum absolute atomic E-state index is 0.322. The Morgan fingerprint density at radius 2 is 1.11 bits per heavy atom. The van der Waals surface area contributed by atoms with Crippen molar-refractivity contribution in [3.8, 4) is 0 Å². The SMILES string of the molecule is Cc1ccccc1COCOCc1ccccc1C. The van der Waals surface area contributed by atoms with Crippen molar-refractivity contribution in [2.45, 2.75) is 27.1 Å². The van der Waals surface area contributed by atoms with Crippen LogP contribution in [0.5, 0.6) is 0 Å². The first-order valence-corrected chi connectivity index (χ1v) is 6.52. The average molecular weight is 256 g/mol. The highest BCUT2D eigenvalue weighted by Crippen LogP contribution is 2.10. The van der Waals surface area contributed by atoms with Gasteiger partial charge in [-0.25, -0.2) is 0 Å². The van der Waals surface area contributed by atoms with Gasteiger partial charge < -0.3 is 9.47 Å². The summed E-state index contributed by atoms with van der Waals surface area (Å²) < 4.78 is 11.1. The van der Waals surface area contributed by atoms with Crippen LogP contribution in [0.3, 0.4) is 0 Å². The van der Waals surface area contributed by atoms with Gasteiger partial charge in [0.15, 0.2) is 0 Å². The molecule has 0 bridgehead atoms. The Bertz CT molecular complexity index is 473. The van der Waals surface area contributed by atoms with Crippen molar-refractivity contribution >= 4 is 0 Å². The second kappa shape index (κ2) is 7.07. The molecule has 19 heavy (non-hydrogen) atoms. The maximum Gasteiger partial charge on any atom is 0.147 e. The Morgan fingerprint density at radius 1 is 0.684 bits per heavy atom. The van der Waals surface area contributed by atoms with E-state index >= 15 is 0 Å². The minimum Gasteiger partial charge on any atom is -0.351 e. The van der Waals surface area contributed by atoms with Gasteiger partial charge in [0.05, 0.1) is 13.2 Å². The van der Waals surface area contributed by atoms with Crippen molar-refractivity contribution in [2.24, 2.45) is 0 Å². The summed E-state index contributed by atoms with van der Waals surface area (Å²) in [5, 5.41) is 0. The summed E-state index contributed by atoms with van der Waals surface area (Å²) in [6, 6.07) is 16.5. The molecular formula is C17H20O2. The van der Waals surface area contributed by atoms with E-state index in [4.69, 9.17) is 9.47 Å². The van der Waals surface area contributed by atoms with Crippen molar-refractivity contribution in [3.05, 3.63) is 70.8 Å². The van der Waals surface area contributed by atoms with E-state index in [2.05, 4.69) is 38.1 Å². The molecule has 2 nitrogen and oxygen atoms in total. The third kappa shape index (κ3) is 4.19. The summed E-state index contributed by atoms with van der Waals surface area (Å²) in [5.74, 6) is 0. The first kappa shape index (κ1) is 13.8. The highest BCUT2D eigenvalue weighted by Gasteiger charge is 1.99. The van der Waals surface area contributed by atoms with E-state index in [0.29, 0.717) is 20.0 Å². The fourth-order valence-electron chi connectivity index (χ4n) is 1.91. The molecule has 0 atom stereocenters. The van der Waals surface area contributed by atoms with Crippen LogP contribution < -0.4 is 0 Å². The van der Waals surface area contributed by atoms with Crippen LogP contribution in [0, 0.1) is 13.8 Å². The summed E-state index contributed by atoms with van der Waals surface area (Å²) in [6.07, 6.45) is 0. The monoisotopic (exact) mass is 256 g/mol. The molecule has 2 aromatic rings. The molecule has 0 fully saturated rings. The van der Waals surface area contributed by atoms with Crippen LogP contribution in [0.4, 0.5) is 0 Å². The van der Waals surface area contributed by atoms with Gasteiger partial charge in [0.25, 0.3) is 0 Å². The summed E-state index contributed by atoms with van der Waals surface area (Å²) in [5.41, 5.74) is 4.92. The molecule has 0 heterocycles. The van der Waals surface area contributed by atoms with E-state index < -0.39 is 0 Å². The van der Waals surface area contributed by atoms with Crippen LogP contribution in [0.1, 0.15) is 22.3 Å². The predicted molar refractivity (Wildman–Crippen MR) is 76.8 cm³/mol. The maximum atomic E-state index is 5.54. The number of ether oxygens (including phenoxy) is 2. The zero-order valence-corrected chi connectivity index (χ0v) is 11.6. The zero-order chi connectivity index (χ0) is 13.5. The number of rotatable bonds is 6. The van der Waals surface area contributed by atoms with Crippen molar-refractivity contribution in [2.75, 3.05) is 6.79 Å². The van der Waals surface area contributed by atoms with Gasteiger partial charge in [-0.2, -0.15) is 0 Å². The molecule has 2 aromatic carbocycles. The quantitative estimate of drug-likeness (QED) is 0.574. The Hall–Kier alpha value is -1.64. The van der Waals surface area contributed by atoms with Gasteiger partial charge in [-0.15, -0.1) is 0 Å². The van der Waals surface area contributed by atoms with Crippen LogP contribution in [0.15, 0.2) is 48.5 Å². The zero-order valence-electron chi connectivity index (χ0n) is 11.6. The Morgan fingerprint density at radius 3 is 1.53 bits per heavy atom. The number of aryl methyl sites for hydroxylation is 2. The summed E-state index contributed by atoms with van der Waals surface area (Å²) >= 11 is 0. The van der Waals surface area contributed by atoms with Crippen molar-refractivity contribution in [1.82, 2.24) is 0 Å². The summed E-state index contributed by atoms with van der Waals surface area (Å²) in [6.45, 7) is 5.70. The molecule has 0 radical (unpaired) electrons. The first-order valence-electron chi connectivity index (χ1n) is 6.52. The number of hydrogen-bond donors (Lipinski definition) is 0. The highest BCUT2D eigenvalue weighted by atomic mass is 16.7.